The Morgan fingerprint density at radius 1 is 0.769 bits per heavy atom. The van der Waals surface area contributed by atoms with E-state index in [-0.39, 0.29) is 71.5 Å². The number of carbonyl (C=O) groups is 2. The normalized spacial score (nSPS) is 11.2. The Labute approximate surface area is 205 Å². The molecule has 146 valence electrons. The molecule has 0 saturated heterocycles. The quantitative estimate of drug-likeness (QED) is 0.227. The SMILES string of the molecule is CCCCCCCCCCOC(=O)CC(CCCCCC)C(=O)O.[NaH].[NaH]. The van der Waals surface area contributed by atoms with Gasteiger partial charge in [-0.1, -0.05) is 84.5 Å². The van der Waals surface area contributed by atoms with Gasteiger partial charge in [-0.2, -0.15) is 0 Å². The molecule has 26 heavy (non-hydrogen) atoms. The third kappa shape index (κ3) is 21.2. The topological polar surface area (TPSA) is 63.6 Å². The maximum absolute atomic E-state index is 11.8. The second-order valence-corrected chi connectivity index (χ2v) is 6.78. The van der Waals surface area contributed by atoms with Crippen molar-refractivity contribution in [1.82, 2.24) is 0 Å². The summed E-state index contributed by atoms with van der Waals surface area (Å²) in [4.78, 5) is 23.0. The van der Waals surface area contributed by atoms with Crippen LogP contribution in [0.5, 0.6) is 0 Å². The summed E-state index contributed by atoms with van der Waals surface area (Å²) < 4.78 is 5.19. The van der Waals surface area contributed by atoms with Crippen molar-refractivity contribution in [3.63, 3.8) is 0 Å². The van der Waals surface area contributed by atoms with E-state index in [2.05, 4.69) is 13.8 Å². The fourth-order valence-electron chi connectivity index (χ4n) is 2.81. The molecule has 0 heterocycles. The summed E-state index contributed by atoms with van der Waals surface area (Å²) in [6.45, 7) is 4.77. The van der Waals surface area contributed by atoms with E-state index in [4.69, 9.17) is 4.74 Å². The Bertz CT molecular complexity index is 325. The van der Waals surface area contributed by atoms with Crippen LogP contribution in [0.3, 0.4) is 0 Å². The van der Waals surface area contributed by atoms with Crippen LogP contribution in [0.4, 0.5) is 0 Å². The molecular weight excluding hydrogens is 350 g/mol. The monoisotopic (exact) mass is 390 g/mol. The number of hydrogen-bond donors (Lipinski definition) is 1. The van der Waals surface area contributed by atoms with E-state index in [9.17, 15) is 14.7 Å². The van der Waals surface area contributed by atoms with Gasteiger partial charge in [-0.3, -0.25) is 9.59 Å². The molecule has 0 aliphatic rings. The molecule has 0 radical (unpaired) electrons. The molecule has 0 fully saturated rings. The van der Waals surface area contributed by atoms with Crippen LogP contribution in [0.2, 0.25) is 0 Å². The molecule has 4 nitrogen and oxygen atoms in total. The Balaban J connectivity index is -0.00000264. The number of esters is 1. The van der Waals surface area contributed by atoms with Gasteiger partial charge in [0.1, 0.15) is 0 Å². The molecule has 6 heteroatoms. The number of rotatable bonds is 17. The predicted octanol–water partition coefficient (Wildman–Crippen LogP) is 4.43. The van der Waals surface area contributed by atoms with Gasteiger partial charge in [0, 0.05) is 0 Å². The number of carboxylic acid groups (broad SMARTS) is 1. The van der Waals surface area contributed by atoms with Gasteiger partial charge >= 0.3 is 71.1 Å². The fourth-order valence-corrected chi connectivity index (χ4v) is 2.81. The van der Waals surface area contributed by atoms with Crippen molar-refractivity contribution in [1.29, 1.82) is 0 Å². The van der Waals surface area contributed by atoms with Crippen LogP contribution in [0.1, 0.15) is 104 Å². The van der Waals surface area contributed by atoms with Crippen molar-refractivity contribution in [2.75, 3.05) is 6.61 Å². The predicted molar refractivity (Wildman–Crippen MR) is 112 cm³/mol. The minimum atomic E-state index is -0.879. The number of ether oxygens (including phenoxy) is 1. The summed E-state index contributed by atoms with van der Waals surface area (Å²) in [6.07, 6.45) is 14.4. The summed E-state index contributed by atoms with van der Waals surface area (Å²) in [7, 11) is 0. The van der Waals surface area contributed by atoms with Crippen LogP contribution in [0.25, 0.3) is 0 Å². The summed E-state index contributed by atoms with van der Waals surface area (Å²) in [6, 6.07) is 0. The molecule has 0 rings (SSSR count). The molecule has 0 saturated carbocycles. The van der Waals surface area contributed by atoms with Crippen LogP contribution in [0, 0.1) is 5.92 Å². The van der Waals surface area contributed by atoms with E-state index >= 15 is 0 Å². The summed E-state index contributed by atoms with van der Waals surface area (Å²) in [5, 5.41) is 9.20. The van der Waals surface area contributed by atoms with Crippen LogP contribution >= 0.6 is 0 Å². The Morgan fingerprint density at radius 2 is 1.23 bits per heavy atom. The van der Waals surface area contributed by atoms with Crippen LogP contribution in [-0.4, -0.2) is 82.8 Å². The zero-order valence-corrected chi connectivity index (χ0v) is 15.9. The number of hydrogen-bond acceptors (Lipinski definition) is 3. The van der Waals surface area contributed by atoms with Crippen molar-refractivity contribution in [3.05, 3.63) is 0 Å². The molecule has 0 aromatic rings. The van der Waals surface area contributed by atoms with Crippen molar-refractivity contribution in [3.8, 4) is 0 Å². The first-order valence-corrected chi connectivity index (χ1v) is 10.00. The molecule has 0 aromatic carbocycles. The van der Waals surface area contributed by atoms with Crippen molar-refractivity contribution >= 4 is 71.1 Å². The van der Waals surface area contributed by atoms with Crippen LogP contribution < -0.4 is 0 Å². The third-order valence-electron chi connectivity index (χ3n) is 4.43. The second kappa shape index (κ2) is 24.0. The van der Waals surface area contributed by atoms with Gasteiger partial charge in [-0.05, 0) is 12.8 Å². The van der Waals surface area contributed by atoms with E-state index in [1.807, 2.05) is 0 Å². The van der Waals surface area contributed by atoms with Gasteiger partial charge < -0.3 is 9.84 Å². The van der Waals surface area contributed by atoms with Crippen LogP contribution in [-0.2, 0) is 14.3 Å². The Hall–Kier alpha value is 0.940. The summed E-state index contributed by atoms with van der Waals surface area (Å²) in [5.74, 6) is -1.83. The summed E-state index contributed by atoms with van der Waals surface area (Å²) in [5.41, 5.74) is 0. The fraction of sp³-hybridized carbons (Fsp3) is 0.900. The van der Waals surface area contributed by atoms with Crippen LogP contribution in [0.15, 0.2) is 0 Å². The average Bonchev–Trinajstić information content (AvgIpc) is 2.56. The van der Waals surface area contributed by atoms with Gasteiger partial charge in [0.05, 0.1) is 18.9 Å². The summed E-state index contributed by atoms with van der Waals surface area (Å²) >= 11 is 0. The molecular formula is C20H40Na2O4. The first-order valence-electron chi connectivity index (χ1n) is 10.00. The Kier molecular flexibility index (Phi) is 29.2. The van der Waals surface area contributed by atoms with E-state index in [1.54, 1.807) is 0 Å². The van der Waals surface area contributed by atoms with Crippen molar-refractivity contribution < 1.29 is 19.4 Å². The van der Waals surface area contributed by atoms with Gasteiger partial charge in [0.25, 0.3) is 0 Å². The molecule has 0 amide bonds. The van der Waals surface area contributed by atoms with E-state index in [0.29, 0.717) is 13.0 Å². The standard InChI is InChI=1S/C20H38O4.2Na.2H/c1-3-5-7-9-10-11-12-14-16-24-19(21)17-18(20(22)23)15-13-8-6-4-2;;;;/h18H,3-17H2,1-2H3,(H,22,23);;;;. The van der Waals surface area contributed by atoms with E-state index < -0.39 is 11.9 Å². The average molecular weight is 391 g/mol. The second-order valence-electron chi connectivity index (χ2n) is 6.78. The number of carboxylic acids is 1. The van der Waals surface area contributed by atoms with Crippen molar-refractivity contribution in [2.45, 2.75) is 104 Å². The Morgan fingerprint density at radius 3 is 1.73 bits per heavy atom. The third-order valence-corrected chi connectivity index (χ3v) is 4.43. The van der Waals surface area contributed by atoms with Gasteiger partial charge in [0.2, 0.25) is 0 Å². The molecule has 0 aliphatic carbocycles. The number of unbranched alkanes of at least 4 members (excludes halogenated alkanes) is 10. The van der Waals surface area contributed by atoms with E-state index in [0.717, 1.165) is 38.5 Å². The van der Waals surface area contributed by atoms with E-state index in [1.165, 1.54) is 38.5 Å². The maximum atomic E-state index is 11.8. The molecule has 1 unspecified atom stereocenters. The molecule has 0 bridgehead atoms. The van der Waals surface area contributed by atoms with Gasteiger partial charge in [0.15, 0.2) is 0 Å². The number of aliphatic carboxylic acids is 1. The zero-order valence-electron chi connectivity index (χ0n) is 15.9. The molecule has 0 spiro atoms. The first kappa shape index (κ1) is 31.6. The van der Waals surface area contributed by atoms with Gasteiger partial charge in [-0.25, -0.2) is 0 Å². The molecule has 1 N–H and O–H groups in total. The first-order chi connectivity index (χ1) is 11.6. The minimum absolute atomic E-state index is 0. The molecule has 1 atom stereocenters. The zero-order chi connectivity index (χ0) is 18.0. The molecule has 0 aliphatic heterocycles. The molecule has 0 aromatic heterocycles. The van der Waals surface area contributed by atoms with Gasteiger partial charge in [-0.15, -0.1) is 0 Å². The number of carbonyl (C=O) groups excluding carboxylic acids is 1. The van der Waals surface area contributed by atoms with Crippen molar-refractivity contribution in [2.24, 2.45) is 5.92 Å².